The molecule has 3 aromatic carbocycles. The van der Waals surface area contributed by atoms with Crippen LogP contribution in [0.25, 0.3) is 17.2 Å². The van der Waals surface area contributed by atoms with E-state index in [2.05, 4.69) is 36.4 Å². The second-order valence-electron chi connectivity index (χ2n) is 7.58. The summed E-state index contributed by atoms with van der Waals surface area (Å²) in [7, 11) is 0. The van der Waals surface area contributed by atoms with Crippen molar-refractivity contribution in [3.8, 4) is 22.6 Å². The van der Waals surface area contributed by atoms with Gasteiger partial charge in [-0.15, -0.1) is 0 Å². The molecule has 0 heterocycles. The van der Waals surface area contributed by atoms with Crippen molar-refractivity contribution in [3.05, 3.63) is 90.5 Å². The smallest absolute Gasteiger partial charge is 0.350 e. The third-order valence-corrected chi connectivity index (χ3v) is 5.22. The highest BCUT2D eigenvalue weighted by Crippen LogP contribution is 2.25. The first-order valence-electron chi connectivity index (χ1n) is 10.9. The van der Waals surface area contributed by atoms with E-state index in [1.807, 2.05) is 49.4 Å². The van der Waals surface area contributed by atoms with Crippen molar-refractivity contribution >= 4 is 12.0 Å². The molecule has 0 radical (unpaired) electrons. The molecular weight excluding hydrogens is 400 g/mol. The summed E-state index contributed by atoms with van der Waals surface area (Å²) < 4.78 is 16.8. The Labute approximate surface area is 190 Å². The van der Waals surface area contributed by atoms with E-state index >= 15 is 0 Å². The summed E-state index contributed by atoms with van der Waals surface area (Å²) in [5, 5.41) is 0. The second-order valence-corrected chi connectivity index (χ2v) is 7.58. The SMILES string of the molecule is CCOC(=O)[C@](C)(CC)Oc1ccc(OC/C=C/c2ccc(-c3ccccc3)cc2)cc1. The predicted octanol–water partition coefficient (Wildman–Crippen LogP) is 6.56. The molecule has 0 spiro atoms. The molecule has 3 rings (SSSR count). The molecule has 0 aromatic heterocycles. The largest absolute Gasteiger partial charge is 0.490 e. The van der Waals surface area contributed by atoms with Crippen molar-refractivity contribution in [2.24, 2.45) is 0 Å². The molecule has 0 aliphatic rings. The molecule has 0 aliphatic heterocycles. The van der Waals surface area contributed by atoms with E-state index in [9.17, 15) is 4.79 Å². The van der Waals surface area contributed by atoms with Crippen LogP contribution in [0.2, 0.25) is 0 Å². The minimum atomic E-state index is -1.00. The van der Waals surface area contributed by atoms with Gasteiger partial charge in [0.1, 0.15) is 18.1 Å². The van der Waals surface area contributed by atoms with Gasteiger partial charge in [-0.05, 0) is 67.3 Å². The van der Waals surface area contributed by atoms with E-state index in [1.165, 1.54) is 11.1 Å². The Balaban J connectivity index is 1.51. The molecule has 0 amide bonds. The Morgan fingerprint density at radius 2 is 1.47 bits per heavy atom. The van der Waals surface area contributed by atoms with Gasteiger partial charge in [0, 0.05) is 0 Å². The lowest BCUT2D eigenvalue weighted by Crippen LogP contribution is -2.42. The zero-order valence-corrected chi connectivity index (χ0v) is 18.9. The van der Waals surface area contributed by atoms with Gasteiger partial charge in [-0.1, -0.05) is 67.6 Å². The van der Waals surface area contributed by atoms with E-state index in [4.69, 9.17) is 14.2 Å². The highest BCUT2D eigenvalue weighted by atomic mass is 16.6. The number of rotatable bonds is 10. The van der Waals surface area contributed by atoms with Crippen molar-refractivity contribution in [1.82, 2.24) is 0 Å². The third-order valence-electron chi connectivity index (χ3n) is 5.22. The first-order valence-corrected chi connectivity index (χ1v) is 10.9. The van der Waals surface area contributed by atoms with Crippen molar-refractivity contribution in [2.45, 2.75) is 32.8 Å². The van der Waals surface area contributed by atoms with Gasteiger partial charge in [0.15, 0.2) is 0 Å². The number of benzene rings is 3. The summed E-state index contributed by atoms with van der Waals surface area (Å²) in [6.07, 6.45) is 4.54. The molecule has 0 unspecified atom stereocenters. The average Bonchev–Trinajstić information content (AvgIpc) is 2.84. The van der Waals surface area contributed by atoms with Crippen molar-refractivity contribution in [2.75, 3.05) is 13.2 Å². The van der Waals surface area contributed by atoms with Gasteiger partial charge in [0.25, 0.3) is 0 Å². The van der Waals surface area contributed by atoms with Crippen molar-refractivity contribution in [1.29, 1.82) is 0 Å². The fourth-order valence-electron chi connectivity index (χ4n) is 3.15. The van der Waals surface area contributed by atoms with E-state index in [-0.39, 0.29) is 5.97 Å². The normalized spacial score (nSPS) is 12.8. The highest BCUT2D eigenvalue weighted by molar-refractivity contribution is 5.79. The first-order chi connectivity index (χ1) is 15.5. The van der Waals surface area contributed by atoms with Crippen LogP contribution >= 0.6 is 0 Å². The molecule has 1 atom stereocenters. The zero-order chi connectivity index (χ0) is 22.8. The number of carbonyl (C=O) groups is 1. The fraction of sp³-hybridized carbons (Fsp3) is 0.250. The predicted molar refractivity (Wildman–Crippen MR) is 129 cm³/mol. The standard InChI is InChI=1S/C28H30O4/c1-4-28(3,27(29)30-5-2)32-26-19-17-25(18-20-26)31-21-9-10-22-13-15-24(16-14-22)23-11-7-6-8-12-23/h6-20H,4-5,21H2,1-3H3/b10-9+/t28-/m0/s1. The van der Waals surface area contributed by atoms with Crippen LogP contribution in [0.1, 0.15) is 32.8 Å². The molecule has 0 aliphatic carbocycles. The zero-order valence-electron chi connectivity index (χ0n) is 18.9. The quantitative estimate of drug-likeness (QED) is 0.342. The number of esters is 1. The Kier molecular flexibility index (Phi) is 8.09. The Bertz CT molecular complexity index is 1010. The van der Waals surface area contributed by atoms with Crippen LogP contribution in [0.5, 0.6) is 11.5 Å². The van der Waals surface area contributed by atoms with Gasteiger partial charge >= 0.3 is 5.97 Å². The van der Waals surface area contributed by atoms with Crippen LogP contribution in [0.4, 0.5) is 0 Å². The van der Waals surface area contributed by atoms with Crippen LogP contribution in [-0.4, -0.2) is 24.8 Å². The fourth-order valence-corrected chi connectivity index (χ4v) is 3.15. The Morgan fingerprint density at radius 1 is 0.844 bits per heavy atom. The third kappa shape index (κ3) is 6.24. The van der Waals surface area contributed by atoms with Gasteiger partial charge < -0.3 is 14.2 Å². The van der Waals surface area contributed by atoms with Gasteiger partial charge in [-0.2, -0.15) is 0 Å². The molecule has 0 bridgehead atoms. The van der Waals surface area contributed by atoms with E-state index in [1.54, 1.807) is 26.0 Å². The van der Waals surface area contributed by atoms with Gasteiger partial charge in [-0.3, -0.25) is 0 Å². The summed E-state index contributed by atoms with van der Waals surface area (Å²) in [6.45, 7) is 6.21. The second kappa shape index (κ2) is 11.2. The molecule has 166 valence electrons. The summed E-state index contributed by atoms with van der Waals surface area (Å²) in [6, 6.07) is 26.0. The van der Waals surface area contributed by atoms with Crippen LogP contribution in [0.15, 0.2) is 84.9 Å². The van der Waals surface area contributed by atoms with Gasteiger partial charge in [-0.25, -0.2) is 4.79 Å². The minimum absolute atomic E-state index is 0.329. The maximum atomic E-state index is 12.2. The van der Waals surface area contributed by atoms with Crippen LogP contribution in [-0.2, 0) is 9.53 Å². The summed E-state index contributed by atoms with van der Waals surface area (Å²) >= 11 is 0. The van der Waals surface area contributed by atoms with E-state index in [0.29, 0.717) is 25.4 Å². The van der Waals surface area contributed by atoms with Crippen LogP contribution in [0, 0.1) is 0 Å². The maximum absolute atomic E-state index is 12.2. The van der Waals surface area contributed by atoms with Crippen LogP contribution in [0.3, 0.4) is 0 Å². The van der Waals surface area contributed by atoms with E-state index < -0.39 is 5.60 Å². The monoisotopic (exact) mass is 430 g/mol. The molecule has 0 fully saturated rings. The molecule has 0 saturated carbocycles. The lowest BCUT2D eigenvalue weighted by Gasteiger charge is -2.27. The summed E-state index contributed by atoms with van der Waals surface area (Å²) in [4.78, 5) is 12.2. The van der Waals surface area contributed by atoms with Gasteiger partial charge in [0.2, 0.25) is 5.60 Å². The number of hydrogen-bond donors (Lipinski definition) is 0. The lowest BCUT2D eigenvalue weighted by atomic mass is 10.0. The van der Waals surface area contributed by atoms with Crippen LogP contribution < -0.4 is 9.47 Å². The Hall–Kier alpha value is -3.53. The van der Waals surface area contributed by atoms with E-state index in [0.717, 1.165) is 11.3 Å². The molecule has 0 N–H and O–H groups in total. The first kappa shape index (κ1) is 23.1. The Morgan fingerprint density at radius 3 is 2.09 bits per heavy atom. The molecule has 3 aromatic rings. The molecule has 0 saturated heterocycles. The highest BCUT2D eigenvalue weighted by Gasteiger charge is 2.35. The average molecular weight is 431 g/mol. The molecular formula is C28H30O4. The topological polar surface area (TPSA) is 44.8 Å². The van der Waals surface area contributed by atoms with Gasteiger partial charge in [0.05, 0.1) is 6.61 Å². The summed E-state index contributed by atoms with van der Waals surface area (Å²) in [5.74, 6) is 0.976. The lowest BCUT2D eigenvalue weighted by molar-refractivity contribution is -0.160. The molecule has 4 nitrogen and oxygen atoms in total. The molecule has 4 heteroatoms. The van der Waals surface area contributed by atoms with Crippen molar-refractivity contribution in [3.63, 3.8) is 0 Å². The minimum Gasteiger partial charge on any atom is -0.490 e. The number of carbonyl (C=O) groups excluding carboxylic acids is 1. The van der Waals surface area contributed by atoms with Crippen molar-refractivity contribution < 1.29 is 19.0 Å². The maximum Gasteiger partial charge on any atom is 0.350 e. The number of ether oxygens (including phenoxy) is 3. The summed E-state index contributed by atoms with van der Waals surface area (Å²) in [5.41, 5.74) is 2.52. The molecule has 32 heavy (non-hydrogen) atoms. The number of hydrogen-bond acceptors (Lipinski definition) is 4.